The minimum Gasteiger partial charge on any atom is -0.504 e. The van der Waals surface area contributed by atoms with Crippen molar-refractivity contribution in [2.24, 2.45) is 0 Å². The van der Waals surface area contributed by atoms with Gasteiger partial charge >= 0.3 is 0 Å². The number of phenols is 2. The third-order valence-electron chi connectivity index (χ3n) is 3.08. The Morgan fingerprint density at radius 2 is 1.80 bits per heavy atom. The molecule has 0 spiro atoms. The van der Waals surface area contributed by atoms with E-state index in [1.165, 1.54) is 12.1 Å². The SMILES string of the molecule is CC(NCc1ccc(O)c(O)c1)c1ccc(Cl)cc1Cl. The summed E-state index contributed by atoms with van der Waals surface area (Å²) >= 11 is 12.0. The van der Waals surface area contributed by atoms with Crippen LogP contribution in [0.3, 0.4) is 0 Å². The lowest BCUT2D eigenvalue weighted by Gasteiger charge is -2.16. The fourth-order valence-electron chi connectivity index (χ4n) is 1.91. The Morgan fingerprint density at radius 1 is 1.05 bits per heavy atom. The number of nitrogens with one attached hydrogen (secondary N) is 1. The summed E-state index contributed by atoms with van der Waals surface area (Å²) in [5, 5.41) is 23.2. The maximum atomic E-state index is 9.44. The Kier molecular flexibility index (Phi) is 4.76. The monoisotopic (exact) mass is 311 g/mol. The van der Waals surface area contributed by atoms with Gasteiger partial charge in [0.1, 0.15) is 0 Å². The summed E-state index contributed by atoms with van der Waals surface area (Å²) in [4.78, 5) is 0. The number of hydrogen-bond acceptors (Lipinski definition) is 3. The Morgan fingerprint density at radius 3 is 2.45 bits per heavy atom. The molecule has 0 amide bonds. The van der Waals surface area contributed by atoms with Crippen LogP contribution in [0.1, 0.15) is 24.1 Å². The van der Waals surface area contributed by atoms with Crippen LogP contribution in [0.15, 0.2) is 36.4 Å². The van der Waals surface area contributed by atoms with Gasteiger partial charge in [-0.3, -0.25) is 0 Å². The normalized spacial score (nSPS) is 12.3. The smallest absolute Gasteiger partial charge is 0.157 e. The van der Waals surface area contributed by atoms with Crippen LogP contribution in [0, 0.1) is 0 Å². The summed E-state index contributed by atoms with van der Waals surface area (Å²) in [6.45, 7) is 2.54. The number of halogens is 2. The van der Waals surface area contributed by atoms with E-state index in [4.69, 9.17) is 23.2 Å². The quantitative estimate of drug-likeness (QED) is 0.740. The Balaban J connectivity index is 2.04. The van der Waals surface area contributed by atoms with Gasteiger partial charge in [0.25, 0.3) is 0 Å². The molecule has 1 atom stereocenters. The second-order valence-corrected chi connectivity index (χ2v) is 5.44. The zero-order valence-electron chi connectivity index (χ0n) is 10.9. The Hall–Kier alpha value is -1.42. The third kappa shape index (κ3) is 3.57. The molecular weight excluding hydrogens is 297 g/mol. The predicted octanol–water partition coefficient (Wildman–Crippen LogP) is 4.26. The average Bonchev–Trinajstić information content (AvgIpc) is 2.40. The van der Waals surface area contributed by atoms with Gasteiger partial charge < -0.3 is 15.5 Å². The zero-order chi connectivity index (χ0) is 14.7. The standard InChI is InChI=1S/C15H15Cl2NO2/c1-9(12-4-3-11(16)7-13(12)17)18-8-10-2-5-14(19)15(20)6-10/h2-7,9,18-20H,8H2,1H3. The van der Waals surface area contributed by atoms with E-state index in [1.807, 2.05) is 13.0 Å². The van der Waals surface area contributed by atoms with Crippen LogP contribution in [-0.4, -0.2) is 10.2 Å². The number of benzene rings is 2. The summed E-state index contributed by atoms with van der Waals surface area (Å²) in [5.41, 5.74) is 1.83. The van der Waals surface area contributed by atoms with Crippen molar-refractivity contribution in [2.45, 2.75) is 19.5 Å². The highest BCUT2D eigenvalue weighted by Gasteiger charge is 2.10. The van der Waals surface area contributed by atoms with Crippen LogP contribution in [0.2, 0.25) is 10.0 Å². The van der Waals surface area contributed by atoms with Crippen LogP contribution in [0.4, 0.5) is 0 Å². The molecule has 0 bridgehead atoms. The summed E-state index contributed by atoms with van der Waals surface area (Å²) < 4.78 is 0. The topological polar surface area (TPSA) is 52.5 Å². The van der Waals surface area contributed by atoms with Crippen molar-refractivity contribution in [1.29, 1.82) is 0 Å². The molecule has 1 unspecified atom stereocenters. The second-order valence-electron chi connectivity index (χ2n) is 4.59. The lowest BCUT2D eigenvalue weighted by molar-refractivity contribution is 0.402. The van der Waals surface area contributed by atoms with Gasteiger partial charge in [0.2, 0.25) is 0 Å². The molecule has 0 saturated heterocycles. The Bertz CT molecular complexity index is 617. The van der Waals surface area contributed by atoms with E-state index in [-0.39, 0.29) is 17.5 Å². The molecule has 0 aromatic heterocycles. The average molecular weight is 312 g/mol. The lowest BCUT2D eigenvalue weighted by Crippen LogP contribution is -2.18. The van der Waals surface area contributed by atoms with Crippen molar-refractivity contribution in [1.82, 2.24) is 5.32 Å². The first-order valence-electron chi connectivity index (χ1n) is 6.16. The molecule has 2 aromatic carbocycles. The molecule has 2 rings (SSSR count). The van der Waals surface area contributed by atoms with Gasteiger partial charge in [0.15, 0.2) is 11.5 Å². The van der Waals surface area contributed by atoms with Crippen LogP contribution in [0.5, 0.6) is 11.5 Å². The zero-order valence-corrected chi connectivity index (χ0v) is 12.4. The van der Waals surface area contributed by atoms with Gasteiger partial charge in [-0.05, 0) is 42.3 Å². The van der Waals surface area contributed by atoms with E-state index < -0.39 is 0 Å². The molecule has 106 valence electrons. The number of aromatic hydroxyl groups is 2. The molecule has 0 heterocycles. The molecule has 0 saturated carbocycles. The van der Waals surface area contributed by atoms with Crippen molar-refractivity contribution in [2.75, 3.05) is 0 Å². The first kappa shape index (κ1) is 15.0. The largest absolute Gasteiger partial charge is 0.504 e. The molecule has 0 aliphatic heterocycles. The highest BCUT2D eigenvalue weighted by molar-refractivity contribution is 6.35. The van der Waals surface area contributed by atoms with Gasteiger partial charge in [0, 0.05) is 22.6 Å². The van der Waals surface area contributed by atoms with Crippen molar-refractivity contribution in [3.8, 4) is 11.5 Å². The highest BCUT2D eigenvalue weighted by atomic mass is 35.5. The highest BCUT2D eigenvalue weighted by Crippen LogP contribution is 2.27. The van der Waals surface area contributed by atoms with Crippen molar-refractivity contribution >= 4 is 23.2 Å². The van der Waals surface area contributed by atoms with Gasteiger partial charge in [-0.1, -0.05) is 35.3 Å². The second kappa shape index (κ2) is 6.35. The molecule has 0 aliphatic carbocycles. The molecule has 0 radical (unpaired) electrons. The predicted molar refractivity (Wildman–Crippen MR) is 81.5 cm³/mol. The van der Waals surface area contributed by atoms with E-state index in [1.54, 1.807) is 18.2 Å². The van der Waals surface area contributed by atoms with Gasteiger partial charge in [-0.2, -0.15) is 0 Å². The van der Waals surface area contributed by atoms with E-state index >= 15 is 0 Å². The fourth-order valence-corrected chi connectivity index (χ4v) is 2.48. The van der Waals surface area contributed by atoms with Crippen molar-refractivity contribution in [3.63, 3.8) is 0 Å². The van der Waals surface area contributed by atoms with Gasteiger partial charge in [-0.15, -0.1) is 0 Å². The van der Waals surface area contributed by atoms with Crippen LogP contribution in [0.25, 0.3) is 0 Å². The molecule has 5 heteroatoms. The minimum absolute atomic E-state index is 0.0377. The van der Waals surface area contributed by atoms with Crippen LogP contribution in [-0.2, 0) is 6.54 Å². The van der Waals surface area contributed by atoms with E-state index in [2.05, 4.69) is 5.32 Å². The lowest BCUT2D eigenvalue weighted by atomic mass is 10.1. The number of rotatable bonds is 4. The van der Waals surface area contributed by atoms with Crippen LogP contribution < -0.4 is 5.32 Å². The van der Waals surface area contributed by atoms with Gasteiger partial charge in [0.05, 0.1) is 0 Å². The van der Waals surface area contributed by atoms with Crippen molar-refractivity contribution < 1.29 is 10.2 Å². The molecule has 2 aromatic rings. The summed E-state index contributed by atoms with van der Waals surface area (Å²) in [6, 6.07) is 10.2. The molecule has 3 N–H and O–H groups in total. The molecule has 0 aliphatic rings. The Labute approximate surface area is 127 Å². The van der Waals surface area contributed by atoms with E-state index in [0.29, 0.717) is 16.6 Å². The summed E-state index contributed by atoms with van der Waals surface area (Å²) in [6.07, 6.45) is 0. The third-order valence-corrected chi connectivity index (χ3v) is 3.64. The molecule has 20 heavy (non-hydrogen) atoms. The van der Waals surface area contributed by atoms with Crippen LogP contribution >= 0.6 is 23.2 Å². The summed E-state index contributed by atoms with van der Waals surface area (Å²) in [5.74, 6) is -0.246. The maximum Gasteiger partial charge on any atom is 0.157 e. The first-order valence-corrected chi connectivity index (χ1v) is 6.92. The molecule has 0 fully saturated rings. The maximum absolute atomic E-state index is 9.44. The minimum atomic E-state index is -0.124. The summed E-state index contributed by atoms with van der Waals surface area (Å²) in [7, 11) is 0. The first-order chi connectivity index (χ1) is 9.47. The number of hydrogen-bond donors (Lipinski definition) is 3. The van der Waals surface area contributed by atoms with Gasteiger partial charge in [-0.25, -0.2) is 0 Å². The molecule has 3 nitrogen and oxygen atoms in total. The molecular formula is C15H15Cl2NO2. The fraction of sp³-hybridized carbons (Fsp3) is 0.200. The van der Waals surface area contributed by atoms with E-state index in [0.717, 1.165) is 11.1 Å². The van der Waals surface area contributed by atoms with E-state index in [9.17, 15) is 10.2 Å². The number of phenolic OH excluding ortho intramolecular Hbond substituents is 2. The van der Waals surface area contributed by atoms with Crippen molar-refractivity contribution in [3.05, 3.63) is 57.6 Å².